The van der Waals surface area contributed by atoms with Gasteiger partial charge in [0.25, 0.3) is 11.8 Å². The SMILES string of the molecule is O=C(COC(=O)CNC(=O)c1ccc(F)cc1F)Nc1ccc(CN2CCOCC2)cc1. The summed E-state index contributed by atoms with van der Waals surface area (Å²) in [7, 11) is 0. The fraction of sp³-hybridized carbons (Fsp3) is 0.318. The Kier molecular flexibility index (Phi) is 8.23. The molecule has 0 atom stereocenters. The van der Waals surface area contributed by atoms with Gasteiger partial charge in [-0.1, -0.05) is 12.1 Å². The molecule has 2 aromatic carbocycles. The minimum atomic E-state index is -1.05. The maximum Gasteiger partial charge on any atom is 0.325 e. The number of morpholine rings is 1. The third-order valence-electron chi connectivity index (χ3n) is 4.68. The Morgan fingerprint density at radius 2 is 1.75 bits per heavy atom. The van der Waals surface area contributed by atoms with E-state index in [1.807, 2.05) is 12.1 Å². The van der Waals surface area contributed by atoms with Crippen molar-refractivity contribution in [1.82, 2.24) is 10.2 Å². The Hall–Kier alpha value is -3.37. The van der Waals surface area contributed by atoms with Gasteiger partial charge in [0.2, 0.25) is 0 Å². The molecule has 3 rings (SSSR count). The average molecular weight is 447 g/mol. The van der Waals surface area contributed by atoms with Gasteiger partial charge in [-0.25, -0.2) is 8.78 Å². The lowest BCUT2D eigenvalue weighted by atomic mass is 10.2. The molecule has 32 heavy (non-hydrogen) atoms. The topological polar surface area (TPSA) is 97.0 Å². The minimum absolute atomic E-state index is 0.408. The third-order valence-corrected chi connectivity index (χ3v) is 4.68. The van der Waals surface area contributed by atoms with Crippen LogP contribution in [-0.4, -0.2) is 62.1 Å². The van der Waals surface area contributed by atoms with Crippen LogP contribution in [0.5, 0.6) is 0 Å². The van der Waals surface area contributed by atoms with Crippen LogP contribution in [0.25, 0.3) is 0 Å². The predicted octanol–water partition coefficient (Wildman–Crippen LogP) is 1.71. The van der Waals surface area contributed by atoms with Crippen LogP contribution in [0.1, 0.15) is 15.9 Å². The highest BCUT2D eigenvalue weighted by Gasteiger charge is 2.15. The third kappa shape index (κ3) is 7.10. The van der Waals surface area contributed by atoms with Crippen LogP contribution >= 0.6 is 0 Å². The van der Waals surface area contributed by atoms with E-state index in [-0.39, 0.29) is 0 Å². The molecule has 0 spiro atoms. The quantitative estimate of drug-likeness (QED) is 0.598. The zero-order chi connectivity index (χ0) is 22.9. The summed E-state index contributed by atoms with van der Waals surface area (Å²) in [5, 5.41) is 4.76. The van der Waals surface area contributed by atoms with E-state index in [1.165, 1.54) is 0 Å². The molecule has 1 heterocycles. The van der Waals surface area contributed by atoms with Crippen molar-refractivity contribution in [3.05, 3.63) is 65.2 Å². The summed E-state index contributed by atoms with van der Waals surface area (Å²) in [6, 6.07) is 9.77. The van der Waals surface area contributed by atoms with E-state index >= 15 is 0 Å². The molecule has 170 valence electrons. The van der Waals surface area contributed by atoms with Gasteiger partial charge in [0.05, 0.1) is 18.8 Å². The Balaban J connectivity index is 1.37. The summed E-state index contributed by atoms with van der Waals surface area (Å²) in [6.07, 6.45) is 0. The monoisotopic (exact) mass is 447 g/mol. The van der Waals surface area contributed by atoms with Crippen LogP contribution in [0, 0.1) is 11.6 Å². The number of nitrogens with one attached hydrogen (secondary N) is 2. The van der Waals surface area contributed by atoms with Gasteiger partial charge in [-0.3, -0.25) is 19.3 Å². The average Bonchev–Trinajstić information content (AvgIpc) is 2.78. The summed E-state index contributed by atoms with van der Waals surface area (Å²) in [5.41, 5.74) is 1.25. The maximum absolute atomic E-state index is 13.6. The second-order valence-corrected chi connectivity index (χ2v) is 7.10. The first-order chi connectivity index (χ1) is 15.4. The summed E-state index contributed by atoms with van der Waals surface area (Å²) in [6.45, 7) is 2.88. The number of hydrogen-bond donors (Lipinski definition) is 2. The standard InChI is InChI=1S/C22H23F2N3O5/c23-16-3-6-18(19(24)11-16)22(30)25-12-21(29)32-14-20(28)26-17-4-1-15(2-5-17)13-27-7-9-31-10-8-27/h1-6,11H,7-10,12-14H2,(H,25,30)(H,26,28). The molecule has 8 nitrogen and oxygen atoms in total. The minimum Gasteiger partial charge on any atom is -0.454 e. The molecule has 1 aliphatic heterocycles. The first-order valence-electron chi connectivity index (χ1n) is 9.98. The van der Waals surface area contributed by atoms with Gasteiger partial charge < -0.3 is 20.1 Å². The molecule has 2 aromatic rings. The van der Waals surface area contributed by atoms with Gasteiger partial charge in [0, 0.05) is 31.4 Å². The number of esters is 1. The van der Waals surface area contributed by atoms with Crippen molar-refractivity contribution in [3.63, 3.8) is 0 Å². The number of rotatable bonds is 8. The molecule has 1 fully saturated rings. The number of carbonyl (C=O) groups is 3. The summed E-state index contributed by atoms with van der Waals surface area (Å²) >= 11 is 0. The number of hydrogen-bond acceptors (Lipinski definition) is 6. The van der Waals surface area contributed by atoms with Crippen molar-refractivity contribution in [2.75, 3.05) is 44.8 Å². The predicted molar refractivity (Wildman–Crippen MR) is 111 cm³/mol. The van der Waals surface area contributed by atoms with Crippen LogP contribution < -0.4 is 10.6 Å². The van der Waals surface area contributed by atoms with Crippen molar-refractivity contribution in [1.29, 1.82) is 0 Å². The van der Waals surface area contributed by atoms with Crippen LogP contribution in [0.4, 0.5) is 14.5 Å². The van der Waals surface area contributed by atoms with Crippen LogP contribution in [0.3, 0.4) is 0 Å². The Bertz CT molecular complexity index is 963. The molecule has 2 N–H and O–H groups in total. The zero-order valence-electron chi connectivity index (χ0n) is 17.2. The lowest BCUT2D eigenvalue weighted by Crippen LogP contribution is -2.35. The maximum atomic E-state index is 13.6. The first kappa shape index (κ1) is 23.3. The second-order valence-electron chi connectivity index (χ2n) is 7.10. The van der Waals surface area contributed by atoms with E-state index in [2.05, 4.69) is 15.5 Å². The van der Waals surface area contributed by atoms with Crippen molar-refractivity contribution in [2.24, 2.45) is 0 Å². The Labute approximate surface area is 183 Å². The van der Waals surface area contributed by atoms with E-state index in [1.54, 1.807) is 12.1 Å². The molecular weight excluding hydrogens is 424 g/mol. The molecule has 0 unspecified atom stereocenters. The highest BCUT2D eigenvalue weighted by atomic mass is 19.1. The van der Waals surface area contributed by atoms with Gasteiger partial charge in [-0.05, 0) is 29.8 Å². The Morgan fingerprint density at radius 1 is 1.03 bits per heavy atom. The molecule has 10 heteroatoms. The van der Waals surface area contributed by atoms with Crippen LogP contribution in [0.15, 0.2) is 42.5 Å². The largest absolute Gasteiger partial charge is 0.454 e. The molecule has 0 radical (unpaired) electrons. The zero-order valence-corrected chi connectivity index (χ0v) is 17.2. The highest BCUT2D eigenvalue weighted by Crippen LogP contribution is 2.13. The van der Waals surface area contributed by atoms with Gasteiger partial charge in [0.1, 0.15) is 18.2 Å². The van der Waals surface area contributed by atoms with E-state index in [9.17, 15) is 23.2 Å². The lowest BCUT2D eigenvalue weighted by Gasteiger charge is -2.26. The summed E-state index contributed by atoms with van der Waals surface area (Å²) in [4.78, 5) is 37.8. The molecule has 0 aromatic heterocycles. The molecule has 1 saturated heterocycles. The van der Waals surface area contributed by atoms with Crippen LogP contribution in [-0.2, 0) is 25.6 Å². The van der Waals surface area contributed by atoms with Gasteiger partial charge in [-0.15, -0.1) is 0 Å². The number of halogens is 2. The molecule has 1 aliphatic rings. The van der Waals surface area contributed by atoms with E-state index < -0.39 is 48.1 Å². The summed E-state index contributed by atoms with van der Waals surface area (Å²) < 4.78 is 36.6. The number of amides is 2. The second kappa shape index (κ2) is 11.3. The molecule has 0 saturated carbocycles. The fourth-order valence-corrected chi connectivity index (χ4v) is 3.03. The van der Waals surface area contributed by atoms with Crippen molar-refractivity contribution < 1.29 is 32.6 Å². The molecular formula is C22H23F2N3O5. The van der Waals surface area contributed by atoms with E-state index in [0.29, 0.717) is 11.8 Å². The number of carbonyl (C=O) groups excluding carboxylic acids is 3. The number of anilines is 1. The normalized spacial score (nSPS) is 13.9. The molecule has 0 aliphatic carbocycles. The van der Waals surface area contributed by atoms with Gasteiger partial charge in [-0.2, -0.15) is 0 Å². The van der Waals surface area contributed by atoms with Crippen molar-refractivity contribution >= 4 is 23.5 Å². The van der Waals surface area contributed by atoms with Gasteiger partial charge >= 0.3 is 5.97 Å². The smallest absolute Gasteiger partial charge is 0.325 e. The van der Waals surface area contributed by atoms with Crippen LogP contribution in [0.2, 0.25) is 0 Å². The van der Waals surface area contributed by atoms with E-state index in [0.717, 1.165) is 50.5 Å². The number of nitrogens with zero attached hydrogens (tertiary/aromatic N) is 1. The molecule has 0 bridgehead atoms. The first-order valence-corrected chi connectivity index (χ1v) is 9.98. The number of benzene rings is 2. The fourth-order valence-electron chi connectivity index (χ4n) is 3.03. The highest BCUT2D eigenvalue weighted by molar-refractivity contribution is 5.96. The van der Waals surface area contributed by atoms with Crippen molar-refractivity contribution in [3.8, 4) is 0 Å². The van der Waals surface area contributed by atoms with Gasteiger partial charge in [0.15, 0.2) is 6.61 Å². The number of ether oxygens (including phenoxy) is 2. The van der Waals surface area contributed by atoms with Crippen molar-refractivity contribution in [2.45, 2.75) is 6.54 Å². The Morgan fingerprint density at radius 3 is 2.44 bits per heavy atom. The lowest BCUT2D eigenvalue weighted by molar-refractivity contribution is -0.146. The molecule has 2 amide bonds. The van der Waals surface area contributed by atoms with E-state index in [4.69, 9.17) is 9.47 Å². The summed E-state index contributed by atoms with van der Waals surface area (Å²) in [5.74, 6) is -4.20.